The first-order valence-electron chi connectivity index (χ1n) is 19.1. The molecule has 4 nitrogen and oxygen atoms in total. The van der Waals surface area contributed by atoms with Gasteiger partial charge in [-0.3, -0.25) is 0 Å². The fourth-order valence-corrected chi connectivity index (χ4v) is 8.90. The van der Waals surface area contributed by atoms with Gasteiger partial charge in [-0.25, -0.2) is 9.97 Å². The Morgan fingerprint density at radius 1 is 0.304 bits per heavy atom. The molecule has 0 atom stereocenters. The Bertz CT molecular complexity index is 3520. The summed E-state index contributed by atoms with van der Waals surface area (Å²) in [6, 6.07) is 69.6. The summed E-state index contributed by atoms with van der Waals surface area (Å²) < 4.78 is 4.87. The molecular formula is C52H32N4. The normalized spacial score (nSPS) is 11.9. The van der Waals surface area contributed by atoms with E-state index in [1.54, 1.807) is 0 Å². The lowest BCUT2D eigenvalue weighted by atomic mass is 10.00. The Labute approximate surface area is 322 Å². The van der Waals surface area contributed by atoms with Crippen molar-refractivity contribution in [3.63, 3.8) is 0 Å². The van der Waals surface area contributed by atoms with E-state index in [1.807, 2.05) is 30.3 Å². The molecule has 0 unspecified atom stereocenters. The highest BCUT2D eigenvalue weighted by Gasteiger charge is 2.20. The zero-order valence-electron chi connectivity index (χ0n) is 30.3. The molecule has 12 rings (SSSR count). The monoisotopic (exact) mass is 712 g/mol. The number of para-hydroxylation sites is 4. The number of fused-ring (bicyclic) bond motifs is 10. The zero-order valence-corrected chi connectivity index (χ0v) is 30.3. The Kier molecular flexibility index (Phi) is 6.60. The second kappa shape index (κ2) is 12.0. The SMILES string of the molecule is c1ccc(-c2nc3ccccc3nc2-c2ccc3cc(-n4c5ccccc5c5cc6c7c8ccccc8ccc7n(-c7ccccc7)c6cc54)ccc3c2)cc1. The van der Waals surface area contributed by atoms with Crippen molar-refractivity contribution in [2.45, 2.75) is 0 Å². The summed E-state index contributed by atoms with van der Waals surface area (Å²) in [5.74, 6) is 0. The third kappa shape index (κ3) is 4.60. The van der Waals surface area contributed by atoms with Crippen LogP contribution in [0.3, 0.4) is 0 Å². The lowest BCUT2D eigenvalue weighted by Crippen LogP contribution is -1.96. The average Bonchev–Trinajstić information content (AvgIpc) is 3.77. The lowest BCUT2D eigenvalue weighted by Gasteiger charge is -2.13. The minimum Gasteiger partial charge on any atom is -0.309 e. The highest BCUT2D eigenvalue weighted by Crippen LogP contribution is 2.42. The van der Waals surface area contributed by atoms with Gasteiger partial charge in [0.05, 0.1) is 44.5 Å². The van der Waals surface area contributed by atoms with Crippen LogP contribution in [0, 0.1) is 0 Å². The molecule has 0 aliphatic rings. The van der Waals surface area contributed by atoms with Crippen molar-refractivity contribution in [3.05, 3.63) is 194 Å². The largest absolute Gasteiger partial charge is 0.309 e. The quantitative estimate of drug-likeness (QED) is 0.182. The van der Waals surface area contributed by atoms with Gasteiger partial charge in [0.25, 0.3) is 0 Å². The fraction of sp³-hybridized carbons (Fsp3) is 0. The Balaban J connectivity index is 1.08. The molecule has 0 aliphatic carbocycles. The van der Waals surface area contributed by atoms with Gasteiger partial charge in [-0.1, -0.05) is 127 Å². The number of aromatic nitrogens is 4. The number of hydrogen-bond donors (Lipinski definition) is 0. The molecule has 3 aromatic heterocycles. The van der Waals surface area contributed by atoms with E-state index in [4.69, 9.17) is 9.97 Å². The number of rotatable bonds is 4. The van der Waals surface area contributed by atoms with Crippen LogP contribution in [0.2, 0.25) is 0 Å². The molecule has 0 amide bonds. The maximum absolute atomic E-state index is 5.17. The van der Waals surface area contributed by atoms with Crippen LogP contribution in [0.4, 0.5) is 0 Å². The summed E-state index contributed by atoms with van der Waals surface area (Å²) in [5.41, 5.74) is 12.7. The van der Waals surface area contributed by atoms with Gasteiger partial charge in [-0.05, 0) is 88.3 Å². The molecule has 0 radical (unpaired) electrons. The van der Waals surface area contributed by atoms with Crippen LogP contribution in [0.5, 0.6) is 0 Å². The standard InChI is InChI=1S/C52H32N4/c1-3-14-34(15-4-1)51-52(54-45-21-11-10-20-44(45)53-51)37-24-23-36-30-39(27-25-35(36)29-37)56-46-22-12-9-19-41(46)42-31-43-49(32-48(42)56)55(38-16-5-2-6-17-38)47-28-26-33-13-7-8-18-40(33)50(43)47/h1-32H. The van der Waals surface area contributed by atoms with Crippen molar-refractivity contribution >= 4 is 76.2 Å². The van der Waals surface area contributed by atoms with Gasteiger partial charge < -0.3 is 9.13 Å². The lowest BCUT2D eigenvalue weighted by molar-refractivity contribution is 1.17. The maximum Gasteiger partial charge on any atom is 0.0973 e. The number of benzene rings is 9. The Morgan fingerprint density at radius 2 is 0.911 bits per heavy atom. The van der Waals surface area contributed by atoms with Gasteiger partial charge in [0, 0.05) is 44.0 Å². The van der Waals surface area contributed by atoms with Crippen LogP contribution in [-0.2, 0) is 0 Å². The van der Waals surface area contributed by atoms with Gasteiger partial charge in [0.1, 0.15) is 0 Å². The third-order valence-electron chi connectivity index (χ3n) is 11.4. The summed E-state index contributed by atoms with van der Waals surface area (Å²) >= 11 is 0. The predicted molar refractivity (Wildman–Crippen MR) is 234 cm³/mol. The van der Waals surface area contributed by atoms with Crippen LogP contribution in [-0.4, -0.2) is 19.1 Å². The van der Waals surface area contributed by atoms with E-state index in [-0.39, 0.29) is 0 Å². The van der Waals surface area contributed by atoms with Crippen molar-refractivity contribution in [2.24, 2.45) is 0 Å². The van der Waals surface area contributed by atoms with Crippen molar-refractivity contribution in [2.75, 3.05) is 0 Å². The molecule has 9 aromatic carbocycles. The minimum atomic E-state index is 0.883. The van der Waals surface area contributed by atoms with E-state index in [1.165, 1.54) is 54.4 Å². The summed E-state index contributed by atoms with van der Waals surface area (Å²) in [5, 5.41) is 9.86. The van der Waals surface area contributed by atoms with Crippen LogP contribution >= 0.6 is 0 Å². The van der Waals surface area contributed by atoms with E-state index in [2.05, 4.69) is 173 Å². The smallest absolute Gasteiger partial charge is 0.0973 e. The first-order chi connectivity index (χ1) is 27.8. The van der Waals surface area contributed by atoms with Gasteiger partial charge >= 0.3 is 0 Å². The van der Waals surface area contributed by atoms with Crippen LogP contribution in [0.15, 0.2) is 194 Å². The van der Waals surface area contributed by atoms with Crippen molar-refractivity contribution in [3.8, 4) is 33.9 Å². The molecule has 260 valence electrons. The van der Waals surface area contributed by atoms with Crippen LogP contribution in [0.1, 0.15) is 0 Å². The number of hydrogen-bond acceptors (Lipinski definition) is 2. The van der Waals surface area contributed by atoms with E-state index in [0.29, 0.717) is 0 Å². The summed E-state index contributed by atoms with van der Waals surface area (Å²) in [6.45, 7) is 0. The van der Waals surface area contributed by atoms with Gasteiger partial charge in [0.15, 0.2) is 0 Å². The second-order valence-corrected chi connectivity index (χ2v) is 14.6. The highest BCUT2D eigenvalue weighted by molar-refractivity contribution is 6.25. The third-order valence-corrected chi connectivity index (χ3v) is 11.4. The molecule has 0 N–H and O–H groups in total. The minimum absolute atomic E-state index is 0.883. The van der Waals surface area contributed by atoms with E-state index in [0.717, 1.165) is 55.7 Å². The fourth-order valence-electron chi connectivity index (χ4n) is 8.90. The van der Waals surface area contributed by atoms with Gasteiger partial charge in [-0.15, -0.1) is 0 Å². The molecule has 12 aromatic rings. The molecule has 0 saturated carbocycles. The van der Waals surface area contributed by atoms with Gasteiger partial charge in [-0.2, -0.15) is 0 Å². The molecule has 4 heteroatoms. The topological polar surface area (TPSA) is 35.6 Å². The summed E-state index contributed by atoms with van der Waals surface area (Å²) in [6.07, 6.45) is 0. The first-order valence-corrected chi connectivity index (χ1v) is 19.1. The van der Waals surface area contributed by atoms with E-state index >= 15 is 0 Å². The molecule has 0 saturated heterocycles. The predicted octanol–water partition coefficient (Wildman–Crippen LogP) is 13.5. The Hall–Kier alpha value is -7.56. The van der Waals surface area contributed by atoms with E-state index < -0.39 is 0 Å². The number of nitrogens with zero attached hydrogens (tertiary/aromatic N) is 4. The molecule has 0 bridgehead atoms. The summed E-state index contributed by atoms with van der Waals surface area (Å²) in [7, 11) is 0. The molecule has 0 spiro atoms. The van der Waals surface area contributed by atoms with Crippen molar-refractivity contribution in [1.29, 1.82) is 0 Å². The van der Waals surface area contributed by atoms with E-state index in [9.17, 15) is 0 Å². The summed E-state index contributed by atoms with van der Waals surface area (Å²) in [4.78, 5) is 10.3. The van der Waals surface area contributed by atoms with Crippen molar-refractivity contribution in [1.82, 2.24) is 19.1 Å². The Morgan fingerprint density at radius 3 is 1.73 bits per heavy atom. The highest BCUT2D eigenvalue weighted by atomic mass is 15.0. The average molecular weight is 713 g/mol. The molecule has 0 aliphatic heterocycles. The molecule has 56 heavy (non-hydrogen) atoms. The second-order valence-electron chi connectivity index (χ2n) is 14.6. The van der Waals surface area contributed by atoms with Gasteiger partial charge in [0.2, 0.25) is 0 Å². The van der Waals surface area contributed by atoms with Crippen molar-refractivity contribution < 1.29 is 0 Å². The molecule has 3 heterocycles. The van der Waals surface area contributed by atoms with Crippen LogP contribution < -0.4 is 0 Å². The maximum atomic E-state index is 5.17. The zero-order chi connectivity index (χ0) is 36.7. The van der Waals surface area contributed by atoms with Crippen LogP contribution in [0.25, 0.3) is 110 Å². The molecule has 0 fully saturated rings. The molecular weight excluding hydrogens is 681 g/mol. The first kappa shape index (κ1) is 30.9.